The summed E-state index contributed by atoms with van der Waals surface area (Å²) in [6, 6.07) is 6.95. The molecule has 0 amide bonds. The Morgan fingerprint density at radius 2 is 2.00 bits per heavy atom. The van der Waals surface area contributed by atoms with Crippen LogP contribution in [0.15, 0.2) is 24.3 Å². The standard InChI is InChI=1S/C15H18N2O3/c1-9(15(19)20)8-12-10(2)16-17(11(12)3)13-6-4-5-7-14(13)18/h4-7,9,18H,8H2,1-3H3,(H,19,20). The molecule has 1 unspecified atom stereocenters. The molecule has 0 aliphatic carbocycles. The molecule has 2 N–H and O–H groups in total. The predicted octanol–water partition coefficient (Wildman–Crippen LogP) is 2.46. The van der Waals surface area contributed by atoms with Gasteiger partial charge in [-0.3, -0.25) is 4.79 Å². The van der Waals surface area contributed by atoms with Gasteiger partial charge < -0.3 is 10.2 Å². The van der Waals surface area contributed by atoms with Crippen molar-refractivity contribution in [2.45, 2.75) is 27.2 Å². The van der Waals surface area contributed by atoms with Crippen LogP contribution in [0.1, 0.15) is 23.9 Å². The van der Waals surface area contributed by atoms with Gasteiger partial charge in [0, 0.05) is 5.69 Å². The van der Waals surface area contributed by atoms with Crippen LogP contribution in [0, 0.1) is 19.8 Å². The summed E-state index contributed by atoms with van der Waals surface area (Å²) < 4.78 is 1.66. The molecule has 1 aromatic carbocycles. The molecule has 0 saturated heterocycles. The Labute approximate surface area is 117 Å². The lowest BCUT2D eigenvalue weighted by molar-refractivity contribution is -0.141. The van der Waals surface area contributed by atoms with Gasteiger partial charge in [-0.25, -0.2) is 4.68 Å². The van der Waals surface area contributed by atoms with Crippen LogP contribution in [0.4, 0.5) is 0 Å². The number of carboxylic acids is 1. The second-order valence-corrected chi connectivity index (χ2v) is 4.99. The molecule has 0 bridgehead atoms. The van der Waals surface area contributed by atoms with Crippen molar-refractivity contribution in [2.75, 3.05) is 0 Å². The molecule has 5 heteroatoms. The second-order valence-electron chi connectivity index (χ2n) is 4.99. The summed E-state index contributed by atoms with van der Waals surface area (Å²) in [5, 5.41) is 23.3. The highest BCUT2D eigenvalue weighted by Crippen LogP contribution is 2.25. The summed E-state index contributed by atoms with van der Waals surface area (Å²) in [4.78, 5) is 11.0. The molecule has 20 heavy (non-hydrogen) atoms. The Morgan fingerprint density at radius 3 is 2.60 bits per heavy atom. The quantitative estimate of drug-likeness (QED) is 0.898. The number of hydrogen-bond donors (Lipinski definition) is 2. The number of nitrogens with zero attached hydrogens (tertiary/aromatic N) is 2. The molecular formula is C15H18N2O3. The monoisotopic (exact) mass is 274 g/mol. The zero-order valence-electron chi connectivity index (χ0n) is 11.8. The van der Waals surface area contributed by atoms with E-state index in [1.165, 1.54) is 0 Å². The number of rotatable bonds is 4. The topological polar surface area (TPSA) is 75.3 Å². The lowest BCUT2D eigenvalue weighted by Gasteiger charge is -2.08. The maximum Gasteiger partial charge on any atom is 0.306 e. The van der Waals surface area contributed by atoms with Gasteiger partial charge in [0.15, 0.2) is 0 Å². The normalized spacial score (nSPS) is 12.3. The Bertz CT molecular complexity index is 647. The summed E-state index contributed by atoms with van der Waals surface area (Å²) >= 11 is 0. The Kier molecular flexibility index (Phi) is 3.79. The lowest BCUT2D eigenvalue weighted by Crippen LogP contribution is -2.13. The van der Waals surface area contributed by atoms with Gasteiger partial charge >= 0.3 is 5.97 Å². The molecule has 0 aliphatic heterocycles. The van der Waals surface area contributed by atoms with E-state index in [1.807, 2.05) is 19.9 Å². The van der Waals surface area contributed by atoms with Crippen LogP contribution < -0.4 is 0 Å². The molecule has 2 rings (SSSR count). The summed E-state index contributed by atoms with van der Waals surface area (Å²) in [6.45, 7) is 5.42. The first-order chi connectivity index (χ1) is 9.41. The van der Waals surface area contributed by atoms with Crippen molar-refractivity contribution in [2.24, 2.45) is 5.92 Å². The summed E-state index contributed by atoms with van der Waals surface area (Å²) in [6.07, 6.45) is 0.431. The van der Waals surface area contributed by atoms with Crippen molar-refractivity contribution in [3.05, 3.63) is 41.2 Å². The number of phenolic OH excluding ortho intramolecular Hbond substituents is 1. The minimum Gasteiger partial charge on any atom is -0.506 e. The average Bonchev–Trinajstić information content (AvgIpc) is 2.67. The molecule has 1 atom stereocenters. The first-order valence-corrected chi connectivity index (χ1v) is 6.48. The molecule has 1 heterocycles. The van der Waals surface area contributed by atoms with E-state index in [0.717, 1.165) is 17.0 Å². The van der Waals surface area contributed by atoms with Crippen LogP contribution in [-0.4, -0.2) is 26.0 Å². The third-order valence-electron chi connectivity index (χ3n) is 3.48. The van der Waals surface area contributed by atoms with Gasteiger partial charge in [0.2, 0.25) is 0 Å². The molecule has 0 aliphatic rings. The summed E-state index contributed by atoms with van der Waals surface area (Å²) in [5.41, 5.74) is 3.17. The van der Waals surface area contributed by atoms with Crippen molar-refractivity contribution in [1.82, 2.24) is 9.78 Å². The number of hydrogen-bond acceptors (Lipinski definition) is 3. The van der Waals surface area contributed by atoms with E-state index in [1.54, 1.807) is 29.8 Å². The summed E-state index contributed by atoms with van der Waals surface area (Å²) in [5.74, 6) is -1.13. The van der Waals surface area contributed by atoms with E-state index in [9.17, 15) is 9.90 Å². The Balaban J connectivity index is 2.44. The minimum absolute atomic E-state index is 0.149. The number of aryl methyl sites for hydroxylation is 1. The summed E-state index contributed by atoms with van der Waals surface area (Å²) in [7, 11) is 0. The number of phenols is 1. The highest BCUT2D eigenvalue weighted by Gasteiger charge is 2.19. The number of carboxylic acid groups (broad SMARTS) is 1. The van der Waals surface area contributed by atoms with Gasteiger partial charge in [0.05, 0.1) is 11.6 Å². The van der Waals surface area contributed by atoms with E-state index in [2.05, 4.69) is 5.10 Å². The van der Waals surface area contributed by atoms with Crippen LogP contribution in [-0.2, 0) is 11.2 Å². The van der Waals surface area contributed by atoms with Gasteiger partial charge in [-0.15, -0.1) is 0 Å². The second kappa shape index (κ2) is 5.36. The van der Waals surface area contributed by atoms with Gasteiger partial charge in [-0.2, -0.15) is 5.10 Å². The highest BCUT2D eigenvalue weighted by molar-refractivity contribution is 5.70. The van der Waals surface area contributed by atoms with Gasteiger partial charge in [0.25, 0.3) is 0 Å². The van der Waals surface area contributed by atoms with E-state index in [0.29, 0.717) is 12.1 Å². The number of para-hydroxylation sites is 2. The number of aromatic hydroxyl groups is 1. The molecule has 0 saturated carbocycles. The van der Waals surface area contributed by atoms with Crippen LogP contribution in [0.5, 0.6) is 5.75 Å². The first-order valence-electron chi connectivity index (χ1n) is 6.48. The van der Waals surface area contributed by atoms with Gasteiger partial charge in [-0.05, 0) is 38.0 Å². The van der Waals surface area contributed by atoms with Crippen molar-refractivity contribution in [1.29, 1.82) is 0 Å². The number of benzene rings is 1. The zero-order chi connectivity index (χ0) is 14.9. The largest absolute Gasteiger partial charge is 0.506 e. The third-order valence-corrected chi connectivity index (χ3v) is 3.48. The van der Waals surface area contributed by atoms with Crippen LogP contribution in [0.2, 0.25) is 0 Å². The van der Waals surface area contributed by atoms with E-state index in [4.69, 9.17) is 5.11 Å². The van der Waals surface area contributed by atoms with Crippen LogP contribution in [0.25, 0.3) is 5.69 Å². The van der Waals surface area contributed by atoms with Crippen LogP contribution >= 0.6 is 0 Å². The maximum absolute atomic E-state index is 11.0. The van der Waals surface area contributed by atoms with Crippen molar-refractivity contribution >= 4 is 5.97 Å². The fraction of sp³-hybridized carbons (Fsp3) is 0.333. The van der Waals surface area contributed by atoms with Gasteiger partial charge in [-0.1, -0.05) is 19.1 Å². The van der Waals surface area contributed by atoms with Crippen molar-refractivity contribution in [3.63, 3.8) is 0 Å². The minimum atomic E-state index is -0.820. The molecule has 0 spiro atoms. The molecule has 0 fully saturated rings. The van der Waals surface area contributed by atoms with Crippen LogP contribution in [0.3, 0.4) is 0 Å². The number of carbonyl (C=O) groups is 1. The molecule has 0 radical (unpaired) electrons. The predicted molar refractivity (Wildman–Crippen MR) is 75.2 cm³/mol. The highest BCUT2D eigenvalue weighted by atomic mass is 16.4. The fourth-order valence-electron chi connectivity index (χ4n) is 2.24. The fourth-order valence-corrected chi connectivity index (χ4v) is 2.24. The number of aliphatic carboxylic acids is 1. The molecule has 1 aromatic heterocycles. The average molecular weight is 274 g/mol. The molecule has 2 aromatic rings. The van der Waals surface area contributed by atoms with E-state index in [-0.39, 0.29) is 5.75 Å². The maximum atomic E-state index is 11.0. The third kappa shape index (κ3) is 2.52. The zero-order valence-corrected chi connectivity index (χ0v) is 11.8. The van der Waals surface area contributed by atoms with Gasteiger partial charge in [0.1, 0.15) is 11.4 Å². The number of aromatic nitrogens is 2. The first kappa shape index (κ1) is 14.1. The van der Waals surface area contributed by atoms with Crippen molar-refractivity contribution < 1.29 is 15.0 Å². The molecule has 106 valence electrons. The smallest absolute Gasteiger partial charge is 0.306 e. The van der Waals surface area contributed by atoms with E-state index < -0.39 is 11.9 Å². The Morgan fingerprint density at radius 1 is 1.35 bits per heavy atom. The van der Waals surface area contributed by atoms with Crippen molar-refractivity contribution in [3.8, 4) is 11.4 Å². The Hall–Kier alpha value is -2.30. The molecular weight excluding hydrogens is 256 g/mol. The van der Waals surface area contributed by atoms with E-state index >= 15 is 0 Å². The SMILES string of the molecule is Cc1nn(-c2ccccc2O)c(C)c1CC(C)C(=O)O. The molecule has 5 nitrogen and oxygen atoms in total. The lowest BCUT2D eigenvalue weighted by atomic mass is 10.00.